The Morgan fingerprint density at radius 1 is 1.33 bits per heavy atom. The summed E-state index contributed by atoms with van der Waals surface area (Å²) < 4.78 is 0. The molecule has 0 spiro atoms. The number of carbonyl (C=O) groups excluding carboxylic acids is 1. The molecule has 0 radical (unpaired) electrons. The predicted molar refractivity (Wildman–Crippen MR) is 69.8 cm³/mol. The summed E-state index contributed by atoms with van der Waals surface area (Å²) in [6.07, 6.45) is 4.06. The molecule has 0 unspecified atom stereocenters. The summed E-state index contributed by atoms with van der Waals surface area (Å²) in [5.74, 6) is 0.00868. The van der Waals surface area contributed by atoms with E-state index in [2.05, 4.69) is 9.97 Å². The second-order valence-electron chi connectivity index (χ2n) is 4.27. The number of imidazole rings is 1. The first-order valence-electron chi connectivity index (χ1n) is 5.75. The Balaban J connectivity index is 1.93. The first-order valence-corrected chi connectivity index (χ1v) is 5.75. The lowest BCUT2D eigenvalue weighted by Gasteiger charge is -2.09. The van der Waals surface area contributed by atoms with E-state index in [1.807, 2.05) is 12.1 Å². The number of anilines is 1. The van der Waals surface area contributed by atoms with Crippen molar-refractivity contribution in [3.63, 3.8) is 0 Å². The topological polar surface area (TPSA) is 97.8 Å². The van der Waals surface area contributed by atoms with Crippen LogP contribution >= 0.6 is 0 Å². The number of nitrogens with zero attached hydrogens (tertiary/aromatic N) is 1. The Morgan fingerprint density at radius 3 is 2.67 bits per heavy atom. The third kappa shape index (κ3) is 3.18. The van der Waals surface area contributed by atoms with Gasteiger partial charge in [-0.15, -0.1) is 0 Å². The molecule has 0 aliphatic rings. The van der Waals surface area contributed by atoms with Gasteiger partial charge in [-0.2, -0.15) is 0 Å². The maximum atomic E-state index is 11.9. The molecule has 94 valence electrons. The van der Waals surface area contributed by atoms with Gasteiger partial charge in [-0.05, 0) is 17.7 Å². The fourth-order valence-electron chi connectivity index (χ4n) is 1.71. The van der Waals surface area contributed by atoms with Crippen LogP contribution in [0.3, 0.4) is 0 Å². The van der Waals surface area contributed by atoms with Crippen LogP contribution < -0.4 is 11.5 Å². The standard InChI is InChI=1S/C13H16N4O/c14-10-3-1-9(2-4-10)5-13(18)12(15)6-11-7-16-8-17-11/h1-4,7-8,12H,5-6,14-15H2,(H,16,17)/t12-/m0/s1. The van der Waals surface area contributed by atoms with E-state index in [-0.39, 0.29) is 5.78 Å². The van der Waals surface area contributed by atoms with Crippen LogP contribution in [-0.2, 0) is 17.6 Å². The summed E-state index contributed by atoms with van der Waals surface area (Å²) in [4.78, 5) is 18.8. The van der Waals surface area contributed by atoms with Gasteiger partial charge in [0.15, 0.2) is 5.78 Å². The van der Waals surface area contributed by atoms with Crippen molar-refractivity contribution >= 4 is 11.5 Å². The highest BCUT2D eigenvalue weighted by Gasteiger charge is 2.15. The molecule has 5 nitrogen and oxygen atoms in total. The van der Waals surface area contributed by atoms with Crippen molar-refractivity contribution in [3.05, 3.63) is 48.0 Å². The number of rotatable bonds is 5. The monoisotopic (exact) mass is 244 g/mol. The van der Waals surface area contributed by atoms with E-state index >= 15 is 0 Å². The number of hydrogen-bond donors (Lipinski definition) is 3. The average Bonchev–Trinajstić information content (AvgIpc) is 2.85. The van der Waals surface area contributed by atoms with Gasteiger partial charge in [0.1, 0.15) is 0 Å². The minimum Gasteiger partial charge on any atom is -0.399 e. The zero-order chi connectivity index (χ0) is 13.0. The molecule has 1 aromatic heterocycles. The summed E-state index contributed by atoms with van der Waals surface area (Å²) in [5.41, 5.74) is 13.9. The van der Waals surface area contributed by atoms with Crippen molar-refractivity contribution in [1.82, 2.24) is 9.97 Å². The van der Waals surface area contributed by atoms with E-state index in [1.54, 1.807) is 24.7 Å². The van der Waals surface area contributed by atoms with Gasteiger partial charge in [0.2, 0.25) is 0 Å². The lowest BCUT2D eigenvalue weighted by molar-refractivity contribution is -0.119. The molecule has 0 saturated heterocycles. The minimum atomic E-state index is -0.511. The average molecular weight is 244 g/mol. The molecule has 2 aromatic rings. The number of nitrogen functional groups attached to an aromatic ring is 1. The van der Waals surface area contributed by atoms with Crippen LogP contribution in [0.5, 0.6) is 0 Å². The normalized spacial score (nSPS) is 12.3. The van der Waals surface area contributed by atoms with Gasteiger partial charge in [0.25, 0.3) is 0 Å². The molecular weight excluding hydrogens is 228 g/mol. The minimum absolute atomic E-state index is 0.00868. The van der Waals surface area contributed by atoms with Crippen molar-refractivity contribution in [2.45, 2.75) is 18.9 Å². The number of aromatic amines is 1. The van der Waals surface area contributed by atoms with E-state index in [0.29, 0.717) is 18.5 Å². The molecule has 1 aromatic carbocycles. The van der Waals surface area contributed by atoms with Gasteiger partial charge in [0, 0.05) is 30.4 Å². The molecule has 0 saturated carbocycles. The predicted octanol–water partition coefficient (Wildman–Crippen LogP) is 0.673. The summed E-state index contributed by atoms with van der Waals surface area (Å²) in [5, 5.41) is 0. The highest BCUT2D eigenvalue weighted by atomic mass is 16.1. The van der Waals surface area contributed by atoms with Crippen molar-refractivity contribution in [2.24, 2.45) is 5.73 Å². The Hall–Kier alpha value is -2.14. The van der Waals surface area contributed by atoms with Gasteiger partial charge in [-0.25, -0.2) is 4.98 Å². The van der Waals surface area contributed by atoms with E-state index in [4.69, 9.17) is 11.5 Å². The molecule has 0 amide bonds. The van der Waals surface area contributed by atoms with Crippen LogP contribution in [0, 0.1) is 0 Å². The fourth-order valence-corrected chi connectivity index (χ4v) is 1.71. The number of nitrogens with two attached hydrogens (primary N) is 2. The first kappa shape index (κ1) is 12.3. The molecule has 5 heteroatoms. The second kappa shape index (κ2) is 5.46. The Bertz CT molecular complexity index is 504. The van der Waals surface area contributed by atoms with Crippen molar-refractivity contribution < 1.29 is 4.79 Å². The molecule has 2 rings (SSSR count). The van der Waals surface area contributed by atoms with E-state index < -0.39 is 6.04 Å². The first-order chi connectivity index (χ1) is 8.65. The van der Waals surface area contributed by atoms with Crippen LogP contribution in [0.1, 0.15) is 11.3 Å². The van der Waals surface area contributed by atoms with E-state index in [0.717, 1.165) is 11.3 Å². The van der Waals surface area contributed by atoms with Gasteiger partial charge < -0.3 is 16.5 Å². The number of nitrogens with one attached hydrogen (secondary N) is 1. The second-order valence-corrected chi connectivity index (χ2v) is 4.27. The summed E-state index contributed by atoms with van der Waals surface area (Å²) in [6, 6.07) is 6.74. The number of ketones is 1. The smallest absolute Gasteiger partial charge is 0.154 e. The summed E-state index contributed by atoms with van der Waals surface area (Å²) in [7, 11) is 0. The van der Waals surface area contributed by atoms with Gasteiger partial charge in [-0.1, -0.05) is 12.1 Å². The summed E-state index contributed by atoms with van der Waals surface area (Å²) in [6.45, 7) is 0. The van der Waals surface area contributed by atoms with Crippen LogP contribution in [0.2, 0.25) is 0 Å². The molecular formula is C13H16N4O. The zero-order valence-corrected chi connectivity index (χ0v) is 9.97. The lowest BCUT2D eigenvalue weighted by Crippen LogP contribution is -2.34. The maximum Gasteiger partial charge on any atom is 0.154 e. The fraction of sp³-hybridized carbons (Fsp3) is 0.231. The molecule has 0 bridgehead atoms. The highest BCUT2D eigenvalue weighted by Crippen LogP contribution is 2.08. The van der Waals surface area contributed by atoms with Gasteiger partial charge >= 0.3 is 0 Å². The quantitative estimate of drug-likeness (QED) is 0.673. The van der Waals surface area contributed by atoms with Crippen molar-refractivity contribution in [2.75, 3.05) is 5.73 Å². The van der Waals surface area contributed by atoms with Crippen LogP contribution in [0.15, 0.2) is 36.8 Å². The Labute approximate surface area is 105 Å². The number of Topliss-reactive ketones (excluding diaryl/α,β-unsaturated/α-hetero) is 1. The van der Waals surface area contributed by atoms with Crippen LogP contribution in [0.4, 0.5) is 5.69 Å². The molecule has 5 N–H and O–H groups in total. The van der Waals surface area contributed by atoms with Crippen molar-refractivity contribution in [1.29, 1.82) is 0 Å². The van der Waals surface area contributed by atoms with Gasteiger partial charge in [-0.3, -0.25) is 4.79 Å². The van der Waals surface area contributed by atoms with E-state index in [1.165, 1.54) is 0 Å². The largest absolute Gasteiger partial charge is 0.399 e. The molecule has 1 heterocycles. The number of hydrogen-bond acceptors (Lipinski definition) is 4. The molecule has 1 atom stereocenters. The Kier molecular flexibility index (Phi) is 3.74. The van der Waals surface area contributed by atoms with Crippen molar-refractivity contribution in [3.8, 4) is 0 Å². The summed E-state index contributed by atoms with van der Waals surface area (Å²) >= 11 is 0. The number of aromatic nitrogens is 2. The lowest BCUT2D eigenvalue weighted by atomic mass is 10.0. The SMILES string of the molecule is Nc1ccc(CC(=O)[C@@H](N)Cc2cnc[nH]2)cc1. The van der Waals surface area contributed by atoms with Crippen LogP contribution in [-0.4, -0.2) is 21.8 Å². The van der Waals surface area contributed by atoms with E-state index in [9.17, 15) is 4.79 Å². The number of H-pyrrole nitrogens is 1. The molecule has 18 heavy (non-hydrogen) atoms. The Morgan fingerprint density at radius 2 is 2.06 bits per heavy atom. The maximum absolute atomic E-state index is 11.9. The van der Waals surface area contributed by atoms with Gasteiger partial charge in [0.05, 0.1) is 12.4 Å². The zero-order valence-electron chi connectivity index (χ0n) is 9.97. The number of carbonyl (C=O) groups is 1. The third-order valence-electron chi connectivity index (χ3n) is 2.77. The highest BCUT2D eigenvalue weighted by molar-refractivity contribution is 5.86. The molecule has 0 fully saturated rings. The molecule has 0 aliphatic carbocycles. The molecule has 0 aliphatic heterocycles. The third-order valence-corrected chi connectivity index (χ3v) is 2.77. The number of benzene rings is 1. The van der Waals surface area contributed by atoms with Crippen LogP contribution in [0.25, 0.3) is 0 Å².